The highest BCUT2D eigenvalue weighted by atomic mass is 19.1. The lowest BCUT2D eigenvalue weighted by Gasteiger charge is -2.16. The largest absolute Gasteiger partial charge is 0.325 e. The topological polar surface area (TPSA) is 55.1 Å². The van der Waals surface area contributed by atoms with Gasteiger partial charge in [0, 0.05) is 5.56 Å². The zero-order valence-corrected chi connectivity index (χ0v) is 11.1. The third kappa shape index (κ3) is 1.98. The van der Waals surface area contributed by atoms with E-state index in [1.165, 1.54) is 12.1 Å². The summed E-state index contributed by atoms with van der Waals surface area (Å²) in [6.45, 7) is 1.76. The molecule has 0 aromatic heterocycles. The van der Waals surface area contributed by atoms with Gasteiger partial charge in [0.25, 0.3) is 0 Å². The van der Waals surface area contributed by atoms with E-state index in [-0.39, 0.29) is 17.6 Å². The summed E-state index contributed by atoms with van der Waals surface area (Å²) in [5.41, 5.74) is 9.06. The number of hydrogen-bond donors (Lipinski definition) is 2. The fraction of sp³-hybridized carbons (Fsp3) is 0.188. The normalized spacial score (nSPS) is 18.6. The molecule has 20 heavy (non-hydrogen) atoms. The summed E-state index contributed by atoms with van der Waals surface area (Å²) >= 11 is 0. The Morgan fingerprint density at radius 2 is 1.95 bits per heavy atom. The predicted octanol–water partition coefficient (Wildman–Crippen LogP) is 2.93. The second-order valence-electron chi connectivity index (χ2n) is 5.06. The molecule has 0 spiro atoms. The van der Waals surface area contributed by atoms with E-state index in [0.717, 1.165) is 5.56 Å². The Labute approximate surface area is 116 Å². The van der Waals surface area contributed by atoms with Crippen molar-refractivity contribution in [3.8, 4) is 0 Å². The van der Waals surface area contributed by atoms with Gasteiger partial charge in [-0.25, -0.2) is 4.39 Å². The molecule has 2 unspecified atom stereocenters. The van der Waals surface area contributed by atoms with Gasteiger partial charge < -0.3 is 11.1 Å². The molecule has 0 bridgehead atoms. The minimum atomic E-state index is -0.466. The lowest BCUT2D eigenvalue weighted by molar-refractivity contribution is -0.116. The van der Waals surface area contributed by atoms with Crippen LogP contribution in [0.25, 0.3) is 0 Å². The molecule has 3 N–H and O–H groups in total. The van der Waals surface area contributed by atoms with Gasteiger partial charge in [0.1, 0.15) is 5.82 Å². The van der Waals surface area contributed by atoms with Crippen LogP contribution >= 0.6 is 0 Å². The Balaban J connectivity index is 2.12. The van der Waals surface area contributed by atoms with Crippen LogP contribution in [0.1, 0.15) is 35.6 Å². The number of carbonyl (C=O) groups excluding carboxylic acids is 1. The molecule has 0 saturated carbocycles. The van der Waals surface area contributed by atoms with Crippen LogP contribution in [0.4, 0.5) is 10.1 Å². The van der Waals surface area contributed by atoms with Crippen LogP contribution in [0, 0.1) is 5.82 Å². The molecular formula is C16H15FN2O. The first kappa shape index (κ1) is 12.8. The molecule has 4 heteroatoms. The van der Waals surface area contributed by atoms with Crippen LogP contribution in [0.15, 0.2) is 42.5 Å². The van der Waals surface area contributed by atoms with Crippen molar-refractivity contribution in [2.45, 2.75) is 18.9 Å². The Kier molecular flexibility index (Phi) is 3.03. The van der Waals surface area contributed by atoms with E-state index in [1.807, 2.05) is 30.3 Å². The average Bonchev–Trinajstić information content (AvgIpc) is 2.74. The van der Waals surface area contributed by atoms with Gasteiger partial charge in [-0.1, -0.05) is 30.3 Å². The molecule has 1 aliphatic heterocycles. The molecule has 2 atom stereocenters. The molecule has 1 amide bonds. The standard InChI is InChI=1S/C16H15FN2O/c1-9-12-7-11(17)8-13(15(12)19-16(9)20)14(18)10-5-3-2-4-6-10/h2-9,14H,18H2,1H3,(H,19,20). The molecule has 2 aromatic carbocycles. The maximum Gasteiger partial charge on any atom is 0.231 e. The molecule has 0 radical (unpaired) electrons. The number of amides is 1. The first-order valence-corrected chi connectivity index (χ1v) is 6.52. The molecule has 0 saturated heterocycles. The van der Waals surface area contributed by atoms with E-state index >= 15 is 0 Å². The minimum Gasteiger partial charge on any atom is -0.325 e. The zero-order chi connectivity index (χ0) is 14.3. The molecule has 1 heterocycles. The van der Waals surface area contributed by atoms with Crippen molar-refractivity contribution in [2.75, 3.05) is 5.32 Å². The van der Waals surface area contributed by atoms with Crippen molar-refractivity contribution in [2.24, 2.45) is 5.73 Å². The number of rotatable bonds is 2. The van der Waals surface area contributed by atoms with E-state index in [2.05, 4.69) is 5.32 Å². The van der Waals surface area contributed by atoms with E-state index in [0.29, 0.717) is 16.8 Å². The molecule has 2 aromatic rings. The molecule has 0 fully saturated rings. The van der Waals surface area contributed by atoms with Crippen LogP contribution in [0.5, 0.6) is 0 Å². The molecule has 1 aliphatic rings. The summed E-state index contributed by atoms with van der Waals surface area (Å²) in [6.07, 6.45) is 0. The lowest BCUT2D eigenvalue weighted by Crippen LogP contribution is -2.15. The van der Waals surface area contributed by atoms with Gasteiger partial charge in [-0.3, -0.25) is 4.79 Å². The SMILES string of the molecule is CC1C(=O)Nc2c1cc(F)cc2C(N)c1ccccc1. The number of hydrogen-bond acceptors (Lipinski definition) is 2. The van der Waals surface area contributed by atoms with Crippen LogP contribution in [0.2, 0.25) is 0 Å². The minimum absolute atomic E-state index is 0.118. The van der Waals surface area contributed by atoms with Gasteiger partial charge in [0.2, 0.25) is 5.91 Å². The number of nitrogens with one attached hydrogen (secondary N) is 1. The maximum atomic E-state index is 13.8. The number of nitrogens with two attached hydrogens (primary N) is 1. The molecule has 0 aliphatic carbocycles. The smallest absolute Gasteiger partial charge is 0.231 e. The molecule has 3 nitrogen and oxygen atoms in total. The highest BCUT2D eigenvalue weighted by Gasteiger charge is 2.31. The van der Waals surface area contributed by atoms with Crippen LogP contribution in [-0.2, 0) is 4.79 Å². The number of halogens is 1. The summed E-state index contributed by atoms with van der Waals surface area (Å²) in [4.78, 5) is 11.8. The van der Waals surface area contributed by atoms with Crippen molar-refractivity contribution < 1.29 is 9.18 Å². The maximum absolute atomic E-state index is 13.8. The Bertz CT molecular complexity index is 670. The zero-order valence-electron chi connectivity index (χ0n) is 11.1. The Morgan fingerprint density at radius 3 is 2.65 bits per heavy atom. The summed E-state index contributed by atoms with van der Waals surface area (Å²) in [5.74, 6) is -0.831. The fourth-order valence-corrected chi connectivity index (χ4v) is 2.59. The highest BCUT2D eigenvalue weighted by Crippen LogP contribution is 2.39. The molecule has 3 rings (SSSR count). The van der Waals surface area contributed by atoms with Crippen molar-refractivity contribution >= 4 is 11.6 Å². The summed E-state index contributed by atoms with van der Waals surface area (Å²) in [5, 5.41) is 2.81. The van der Waals surface area contributed by atoms with Gasteiger partial charge in [-0.15, -0.1) is 0 Å². The van der Waals surface area contributed by atoms with Gasteiger partial charge in [-0.2, -0.15) is 0 Å². The second kappa shape index (κ2) is 4.72. The first-order chi connectivity index (χ1) is 9.58. The average molecular weight is 270 g/mol. The highest BCUT2D eigenvalue weighted by molar-refractivity contribution is 6.03. The number of fused-ring (bicyclic) bond motifs is 1. The van der Waals surface area contributed by atoms with Crippen molar-refractivity contribution in [1.82, 2.24) is 0 Å². The van der Waals surface area contributed by atoms with E-state index in [1.54, 1.807) is 6.92 Å². The Morgan fingerprint density at radius 1 is 1.25 bits per heavy atom. The van der Waals surface area contributed by atoms with Crippen LogP contribution in [0.3, 0.4) is 0 Å². The number of carbonyl (C=O) groups is 1. The Hall–Kier alpha value is -2.20. The predicted molar refractivity (Wildman–Crippen MR) is 75.9 cm³/mol. The van der Waals surface area contributed by atoms with Crippen molar-refractivity contribution in [3.63, 3.8) is 0 Å². The molecule has 102 valence electrons. The van der Waals surface area contributed by atoms with Gasteiger partial charge in [0.15, 0.2) is 0 Å². The third-order valence-electron chi connectivity index (χ3n) is 3.77. The van der Waals surface area contributed by atoms with E-state index in [9.17, 15) is 9.18 Å². The number of benzene rings is 2. The van der Waals surface area contributed by atoms with Crippen molar-refractivity contribution in [1.29, 1.82) is 0 Å². The van der Waals surface area contributed by atoms with E-state index in [4.69, 9.17) is 5.73 Å². The third-order valence-corrected chi connectivity index (χ3v) is 3.77. The number of anilines is 1. The van der Waals surface area contributed by atoms with Gasteiger partial charge in [-0.05, 0) is 30.2 Å². The van der Waals surface area contributed by atoms with Gasteiger partial charge in [0.05, 0.1) is 17.6 Å². The monoisotopic (exact) mass is 270 g/mol. The summed E-state index contributed by atoms with van der Waals surface area (Å²) in [7, 11) is 0. The quantitative estimate of drug-likeness (QED) is 0.881. The van der Waals surface area contributed by atoms with Gasteiger partial charge >= 0.3 is 0 Å². The fourth-order valence-electron chi connectivity index (χ4n) is 2.59. The summed E-state index contributed by atoms with van der Waals surface area (Å²) in [6, 6.07) is 11.8. The lowest BCUT2D eigenvalue weighted by atomic mass is 9.93. The van der Waals surface area contributed by atoms with Crippen molar-refractivity contribution in [3.05, 3.63) is 65.0 Å². The second-order valence-corrected chi connectivity index (χ2v) is 5.06. The van der Waals surface area contributed by atoms with E-state index < -0.39 is 6.04 Å². The first-order valence-electron chi connectivity index (χ1n) is 6.52. The van der Waals surface area contributed by atoms with Crippen LogP contribution in [-0.4, -0.2) is 5.91 Å². The summed E-state index contributed by atoms with van der Waals surface area (Å²) < 4.78 is 13.8. The molecular weight excluding hydrogens is 255 g/mol. The van der Waals surface area contributed by atoms with Crippen LogP contribution < -0.4 is 11.1 Å².